The second kappa shape index (κ2) is 2.70. The topological polar surface area (TPSA) is 43.1 Å². The predicted octanol–water partition coefficient (Wildman–Crippen LogP) is 1.24. The first-order chi connectivity index (χ1) is 4.65. The fourth-order valence-corrected chi connectivity index (χ4v) is 1.53. The van der Waals surface area contributed by atoms with Crippen LogP contribution in [0.1, 0.15) is 39.0 Å². The lowest BCUT2D eigenvalue weighted by molar-refractivity contribution is -0.123. The second-order valence-electron chi connectivity index (χ2n) is 3.27. The van der Waals surface area contributed by atoms with Crippen molar-refractivity contribution in [1.82, 2.24) is 0 Å². The summed E-state index contributed by atoms with van der Waals surface area (Å²) in [5.41, 5.74) is 5.39. The molecule has 2 heteroatoms. The van der Waals surface area contributed by atoms with Gasteiger partial charge in [0.05, 0.1) is 5.54 Å². The largest absolute Gasteiger partial charge is 0.319 e. The summed E-state index contributed by atoms with van der Waals surface area (Å²) in [6.07, 6.45) is 5.27. The summed E-state index contributed by atoms with van der Waals surface area (Å²) in [5.74, 6) is 0.159. The Morgan fingerprint density at radius 2 is 1.80 bits per heavy atom. The number of Topliss-reactive ketones (excluding diaryl/α,β-unsaturated/α-hetero) is 1. The van der Waals surface area contributed by atoms with E-state index in [2.05, 4.69) is 0 Å². The summed E-state index contributed by atoms with van der Waals surface area (Å²) in [6.45, 7) is 1.60. The van der Waals surface area contributed by atoms with Gasteiger partial charge in [0.1, 0.15) is 5.78 Å². The van der Waals surface area contributed by atoms with E-state index in [1.165, 1.54) is 6.42 Å². The molecule has 0 bridgehead atoms. The van der Waals surface area contributed by atoms with Crippen LogP contribution in [-0.4, -0.2) is 11.3 Å². The van der Waals surface area contributed by atoms with Gasteiger partial charge in [0.15, 0.2) is 0 Å². The van der Waals surface area contributed by atoms with Gasteiger partial charge in [0.25, 0.3) is 0 Å². The molecular weight excluding hydrogens is 126 g/mol. The van der Waals surface area contributed by atoms with E-state index in [9.17, 15) is 4.79 Å². The molecule has 1 fully saturated rings. The summed E-state index contributed by atoms with van der Waals surface area (Å²) in [5, 5.41) is 0. The third-order valence-corrected chi connectivity index (χ3v) is 2.45. The zero-order chi connectivity index (χ0) is 7.61. The Labute approximate surface area is 61.8 Å². The molecule has 0 aliphatic heterocycles. The van der Waals surface area contributed by atoms with Crippen LogP contribution >= 0.6 is 0 Å². The Morgan fingerprint density at radius 1 is 1.30 bits per heavy atom. The molecule has 1 aliphatic rings. The van der Waals surface area contributed by atoms with Crippen molar-refractivity contribution in [3.05, 3.63) is 0 Å². The lowest BCUT2D eigenvalue weighted by Crippen LogP contribution is -2.48. The van der Waals surface area contributed by atoms with Crippen molar-refractivity contribution in [1.29, 1.82) is 0 Å². The first-order valence-electron chi connectivity index (χ1n) is 3.95. The molecule has 0 saturated heterocycles. The highest BCUT2D eigenvalue weighted by Crippen LogP contribution is 2.26. The average molecular weight is 141 g/mol. The molecule has 0 aromatic rings. The molecule has 0 atom stereocenters. The van der Waals surface area contributed by atoms with Gasteiger partial charge in [0, 0.05) is 0 Å². The van der Waals surface area contributed by atoms with Gasteiger partial charge >= 0.3 is 0 Å². The van der Waals surface area contributed by atoms with Crippen LogP contribution in [0.4, 0.5) is 0 Å². The van der Waals surface area contributed by atoms with Crippen LogP contribution in [0.5, 0.6) is 0 Å². The Balaban J connectivity index is 2.56. The zero-order valence-corrected chi connectivity index (χ0v) is 6.52. The lowest BCUT2D eigenvalue weighted by Gasteiger charge is -2.30. The average Bonchev–Trinajstić information content (AvgIpc) is 1.89. The minimum absolute atomic E-state index is 0.159. The van der Waals surface area contributed by atoms with Gasteiger partial charge in [-0.3, -0.25) is 4.79 Å². The Kier molecular flexibility index (Phi) is 2.09. The fourth-order valence-electron chi connectivity index (χ4n) is 1.53. The Morgan fingerprint density at radius 3 is 2.10 bits per heavy atom. The molecule has 2 N–H and O–H groups in total. The molecule has 58 valence electrons. The van der Waals surface area contributed by atoms with E-state index in [0.29, 0.717) is 0 Å². The van der Waals surface area contributed by atoms with Crippen LogP contribution in [0.2, 0.25) is 0 Å². The molecule has 2 nitrogen and oxygen atoms in total. The van der Waals surface area contributed by atoms with Crippen molar-refractivity contribution in [2.24, 2.45) is 5.73 Å². The SMILES string of the molecule is CC(=O)C1(N)CCCCC1. The molecule has 1 aliphatic carbocycles. The van der Waals surface area contributed by atoms with Gasteiger partial charge in [-0.2, -0.15) is 0 Å². The van der Waals surface area contributed by atoms with E-state index < -0.39 is 5.54 Å². The molecular formula is C8H15NO. The lowest BCUT2D eigenvalue weighted by atomic mass is 9.80. The molecule has 0 aromatic heterocycles. The first kappa shape index (κ1) is 7.73. The van der Waals surface area contributed by atoms with Crippen LogP contribution in [0.15, 0.2) is 0 Å². The number of carbonyl (C=O) groups is 1. The Hall–Kier alpha value is -0.370. The molecule has 0 heterocycles. The van der Waals surface area contributed by atoms with E-state index in [0.717, 1.165) is 25.7 Å². The molecule has 0 spiro atoms. The first-order valence-corrected chi connectivity index (χ1v) is 3.95. The quantitative estimate of drug-likeness (QED) is 0.597. The van der Waals surface area contributed by atoms with Crippen LogP contribution in [0.3, 0.4) is 0 Å². The van der Waals surface area contributed by atoms with Gasteiger partial charge in [-0.05, 0) is 19.8 Å². The van der Waals surface area contributed by atoms with E-state index in [1.54, 1.807) is 6.92 Å². The molecule has 1 rings (SSSR count). The van der Waals surface area contributed by atoms with Crippen LogP contribution in [-0.2, 0) is 4.79 Å². The van der Waals surface area contributed by atoms with E-state index in [-0.39, 0.29) is 5.78 Å². The smallest absolute Gasteiger partial charge is 0.149 e. The summed E-state index contributed by atoms with van der Waals surface area (Å²) in [4.78, 5) is 11.0. The number of hydrogen-bond acceptors (Lipinski definition) is 2. The molecule has 0 aromatic carbocycles. The van der Waals surface area contributed by atoms with Gasteiger partial charge < -0.3 is 5.73 Å². The highest BCUT2D eigenvalue weighted by Gasteiger charge is 2.31. The number of carbonyl (C=O) groups excluding carboxylic acids is 1. The maximum atomic E-state index is 11.0. The van der Waals surface area contributed by atoms with E-state index in [4.69, 9.17) is 5.73 Å². The number of rotatable bonds is 1. The maximum absolute atomic E-state index is 11.0. The minimum atomic E-state index is -0.460. The van der Waals surface area contributed by atoms with Crippen molar-refractivity contribution in [2.75, 3.05) is 0 Å². The maximum Gasteiger partial charge on any atom is 0.149 e. The standard InChI is InChI=1S/C8H15NO/c1-7(10)8(9)5-3-2-4-6-8/h2-6,9H2,1H3. The van der Waals surface area contributed by atoms with Crippen molar-refractivity contribution < 1.29 is 4.79 Å². The van der Waals surface area contributed by atoms with Crippen molar-refractivity contribution >= 4 is 5.78 Å². The summed E-state index contributed by atoms with van der Waals surface area (Å²) < 4.78 is 0. The fraction of sp³-hybridized carbons (Fsp3) is 0.875. The second-order valence-corrected chi connectivity index (χ2v) is 3.27. The summed E-state index contributed by atoms with van der Waals surface area (Å²) >= 11 is 0. The van der Waals surface area contributed by atoms with Crippen molar-refractivity contribution in [2.45, 2.75) is 44.6 Å². The monoisotopic (exact) mass is 141 g/mol. The zero-order valence-electron chi connectivity index (χ0n) is 6.52. The molecule has 0 unspecified atom stereocenters. The molecule has 10 heavy (non-hydrogen) atoms. The number of nitrogens with two attached hydrogens (primary N) is 1. The predicted molar refractivity (Wildman–Crippen MR) is 40.7 cm³/mol. The third-order valence-electron chi connectivity index (χ3n) is 2.45. The number of hydrogen-bond donors (Lipinski definition) is 1. The summed E-state index contributed by atoms with van der Waals surface area (Å²) in [7, 11) is 0. The normalized spacial score (nSPS) is 24.2. The minimum Gasteiger partial charge on any atom is -0.319 e. The highest BCUT2D eigenvalue weighted by molar-refractivity contribution is 5.85. The van der Waals surface area contributed by atoms with Crippen LogP contribution in [0, 0.1) is 0 Å². The third kappa shape index (κ3) is 1.37. The number of ketones is 1. The summed E-state index contributed by atoms with van der Waals surface area (Å²) in [6, 6.07) is 0. The van der Waals surface area contributed by atoms with E-state index in [1.807, 2.05) is 0 Å². The van der Waals surface area contributed by atoms with Gasteiger partial charge in [-0.15, -0.1) is 0 Å². The van der Waals surface area contributed by atoms with Crippen molar-refractivity contribution in [3.63, 3.8) is 0 Å². The Bertz CT molecular complexity index is 136. The van der Waals surface area contributed by atoms with Crippen LogP contribution in [0.25, 0.3) is 0 Å². The van der Waals surface area contributed by atoms with E-state index >= 15 is 0 Å². The molecule has 1 saturated carbocycles. The van der Waals surface area contributed by atoms with Gasteiger partial charge in [0.2, 0.25) is 0 Å². The van der Waals surface area contributed by atoms with Crippen molar-refractivity contribution in [3.8, 4) is 0 Å². The van der Waals surface area contributed by atoms with Gasteiger partial charge in [-0.1, -0.05) is 19.3 Å². The molecule has 0 radical (unpaired) electrons. The van der Waals surface area contributed by atoms with Crippen LogP contribution < -0.4 is 5.73 Å². The highest BCUT2D eigenvalue weighted by atomic mass is 16.1. The van der Waals surface area contributed by atoms with Gasteiger partial charge in [-0.25, -0.2) is 0 Å². The molecule has 0 amide bonds.